The van der Waals surface area contributed by atoms with Gasteiger partial charge in [-0.2, -0.15) is 0 Å². The van der Waals surface area contributed by atoms with E-state index < -0.39 is 5.60 Å². The summed E-state index contributed by atoms with van der Waals surface area (Å²) in [5, 5.41) is 0. The minimum atomic E-state index is -0.414. The number of rotatable bonds is 4. The van der Waals surface area contributed by atoms with Crippen molar-refractivity contribution in [1.29, 1.82) is 0 Å². The number of amides is 1. The number of hydrogen-bond acceptors (Lipinski definition) is 3. The topological polar surface area (TPSA) is 38.8 Å². The van der Waals surface area contributed by atoms with Gasteiger partial charge in [-0.25, -0.2) is 4.79 Å². The lowest BCUT2D eigenvalue weighted by molar-refractivity contribution is 0.0181. The van der Waals surface area contributed by atoms with Gasteiger partial charge in [0, 0.05) is 13.1 Å². The van der Waals surface area contributed by atoms with E-state index in [4.69, 9.17) is 9.47 Å². The van der Waals surface area contributed by atoms with Crippen molar-refractivity contribution in [1.82, 2.24) is 4.90 Å². The highest BCUT2D eigenvalue weighted by Crippen LogP contribution is 2.24. The molecule has 0 unspecified atom stereocenters. The molecule has 1 heterocycles. The molecule has 0 aliphatic carbocycles. The number of ether oxygens (including phenoxy) is 2. The first-order valence-corrected chi connectivity index (χ1v) is 8.48. The minimum absolute atomic E-state index is 0.175. The zero-order chi connectivity index (χ0) is 16.9. The Bertz CT molecular complexity index is 496. The number of carbonyl (C=O) groups excluding carboxylic acids is 1. The van der Waals surface area contributed by atoms with Crippen LogP contribution in [0, 0.1) is 5.92 Å². The van der Waals surface area contributed by atoms with Gasteiger partial charge in [0.25, 0.3) is 0 Å². The highest BCUT2D eigenvalue weighted by molar-refractivity contribution is 5.68. The Morgan fingerprint density at radius 2 is 1.78 bits per heavy atom. The molecule has 0 N–H and O–H groups in total. The molecule has 0 bridgehead atoms. The van der Waals surface area contributed by atoms with Gasteiger partial charge in [0.15, 0.2) is 0 Å². The zero-order valence-electron chi connectivity index (χ0n) is 14.8. The minimum Gasteiger partial charge on any atom is -0.497 e. The van der Waals surface area contributed by atoms with Crippen molar-refractivity contribution < 1.29 is 14.3 Å². The Hall–Kier alpha value is -1.71. The van der Waals surface area contributed by atoms with Crippen molar-refractivity contribution >= 4 is 6.09 Å². The molecule has 1 aliphatic rings. The van der Waals surface area contributed by atoms with E-state index in [9.17, 15) is 4.79 Å². The number of likely N-dealkylation sites (tertiary alicyclic amines) is 1. The van der Waals surface area contributed by atoms with Crippen molar-refractivity contribution in [2.75, 3.05) is 20.2 Å². The number of carbonyl (C=O) groups is 1. The second-order valence-corrected chi connectivity index (χ2v) is 7.30. The monoisotopic (exact) mass is 319 g/mol. The predicted molar refractivity (Wildman–Crippen MR) is 91.8 cm³/mol. The Morgan fingerprint density at radius 3 is 2.30 bits per heavy atom. The molecule has 0 spiro atoms. The van der Waals surface area contributed by atoms with Gasteiger partial charge in [-0.15, -0.1) is 0 Å². The van der Waals surface area contributed by atoms with Crippen molar-refractivity contribution in [2.24, 2.45) is 5.92 Å². The van der Waals surface area contributed by atoms with Gasteiger partial charge in [0.1, 0.15) is 11.4 Å². The van der Waals surface area contributed by atoms with Crippen LogP contribution in [0.5, 0.6) is 5.75 Å². The summed E-state index contributed by atoms with van der Waals surface area (Å²) in [6, 6.07) is 8.30. The van der Waals surface area contributed by atoms with E-state index in [1.807, 2.05) is 37.8 Å². The molecule has 0 saturated carbocycles. The Kier molecular flexibility index (Phi) is 5.91. The summed E-state index contributed by atoms with van der Waals surface area (Å²) in [6.07, 6.45) is 4.21. The van der Waals surface area contributed by atoms with Crippen molar-refractivity contribution in [3.8, 4) is 5.75 Å². The lowest BCUT2D eigenvalue weighted by atomic mass is 9.90. The van der Waals surface area contributed by atoms with Gasteiger partial charge < -0.3 is 14.4 Å². The first-order chi connectivity index (χ1) is 10.9. The molecule has 4 heteroatoms. The third-order valence-electron chi connectivity index (χ3n) is 4.27. The highest BCUT2D eigenvalue weighted by atomic mass is 16.6. The maximum atomic E-state index is 12.1. The van der Waals surface area contributed by atoms with Gasteiger partial charge in [-0.3, -0.25) is 0 Å². The molecule has 2 rings (SSSR count). The molecule has 1 amide bonds. The van der Waals surface area contributed by atoms with E-state index in [0.717, 1.165) is 38.1 Å². The number of methoxy groups -OCH3 is 1. The fraction of sp³-hybridized carbons (Fsp3) is 0.632. The maximum absolute atomic E-state index is 12.1. The molecule has 0 aromatic heterocycles. The van der Waals surface area contributed by atoms with Crippen LogP contribution in [0.1, 0.15) is 45.6 Å². The SMILES string of the molecule is COc1ccc(CCC2CCN(C(=O)OC(C)(C)C)CC2)cc1. The van der Waals surface area contributed by atoms with E-state index in [1.54, 1.807) is 7.11 Å². The van der Waals surface area contributed by atoms with Crippen LogP contribution in [0.25, 0.3) is 0 Å². The summed E-state index contributed by atoms with van der Waals surface area (Å²) < 4.78 is 10.6. The van der Waals surface area contributed by atoms with Gasteiger partial charge in [0.05, 0.1) is 7.11 Å². The van der Waals surface area contributed by atoms with E-state index in [1.165, 1.54) is 12.0 Å². The Morgan fingerprint density at radius 1 is 1.17 bits per heavy atom. The van der Waals surface area contributed by atoms with Crippen molar-refractivity contribution in [3.05, 3.63) is 29.8 Å². The van der Waals surface area contributed by atoms with Crippen molar-refractivity contribution in [3.63, 3.8) is 0 Å². The van der Waals surface area contributed by atoms with Crippen LogP contribution in [0.15, 0.2) is 24.3 Å². The maximum Gasteiger partial charge on any atom is 0.410 e. The Labute approximate surface area is 139 Å². The molecule has 0 atom stereocenters. The third-order valence-corrected chi connectivity index (χ3v) is 4.27. The van der Waals surface area contributed by atoms with Crippen LogP contribution < -0.4 is 4.74 Å². The number of piperidine rings is 1. The summed E-state index contributed by atoms with van der Waals surface area (Å²) in [7, 11) is 1.69. The largest absolute Gasteiger partial charge is 0.497 e. The lowest BCUT2D eigenvalue weighted by Crippen LogP contribution is -2.41. The molecule has 23 heavy (non-hydrogen) atoms. The second-order valence-electron chi connectivity index (χ2n) is 7.30. The fourth-order valence-corrected chi connectivity index (χ4v) is 2.89. The van der Waals surface area contributed by atoms with Crippen LogP contribution in [0.4, 0.5) is 4.79 Å². The van der Waals surface area contributed by atoms with Crippen molar-refractivity contribution in [2.45, 2.75) is 52.1 Å². The summed E-state index contributed by atoms with van der Waals surface area (Å²) in [5.41, 5.74) is 0.933. The van der Waals surface area contributed by atoms with E-state index in [-0.39, 0.29) is 6.09 Å². The molecular formula is C19H29NO3. The average Bonchev–Trinajstić information content (AvgIpc) is 2.52. The fourth-order valence-electron chi connectivity index (χ4n) is 2.89. The molecule has 1 fully saturated rings. The van der Waals surface area contributed by atoms with Gasteiger partial charge in [0.2, 0.25) is 0 Å². The summed E-state index contributed by atoms with van der Waals surface area (Å²) in [5.74, 6) is 1.59. The quantitative estimate of drug-likeness (QED) is 0.831. The van der Waals surface area contributed by atoms with Crippen LogP contribution in [-0.2, 0) is 11.2 Å². The molecule has 128 valence electrons. The van der Waals surface area contributed by atoms with Gasteiger partial charge >= 0.3 is 6.09 Å². The van der Waals surface area contributed by atoms with E-state index in [2.05, 4.69) is 12.1 Å². The average molecular weight is 319 g/mol. The molecule has 0 radical (unpaired) electrons. The third kappa shape index (κ3) is 5.77. The standard InChI is InChI=1S/C19H29NO3/c1-19(2,3)23-18(21)20-13-11-16(12-14-20)6-5-15-7-9-17(22-4)10-8-15/h7-10,16H,5-6,11-14H2,1-4H3. The number of benzene rings is 1. The molecule has 1 aromatic rings. The summed E-state index contributed by atoms with van der Waals surface area (Å²) >= 11 is 0. The first kappa shape index (κ1) is 17.6. The number of hydrogen-bond donors (Lipinski definition) is 0. The first-order valence-electron chi connectivity index (χ1n) is 8.48. The van der Waals surface area contributed by atoms with Crippen LogP contribution in [0.2, 0.25) is 0 Å². The number of nitrogens with zero attached hydrogens (tertiary/aromatic N) is 1. The summed E-state index contributed by atoms with van der Waals surface area (Å²) in [4.78, 5) is 13.9. The van der Waals surface area contributed by atoms with Crippen LogP contribution >= 0.6 is 0 Å². The molecule has 1 saturated heterocycles. The highest BCUT2D eigenvalue weighted by Gasteiger charge is 2.26. The zero-order valence-corrected chi connectivity index (χ0v) is 14.8. The molecule has 1 aliphatic heterocycles. The van der Waals surface area contributed by atoms with Gasteiger partial charge in [-0.1, -0.05) is 12.1 Å². The number of aryl methyl sites for hydroxylation is 1. The van der Waals surface area contributed by atoms with Crippen LogP contribution in [0.3, 0.4) is 0 Å². The molecule has 4 nitrogen and oxygen atoms in total. The van der Waals surface area contributed by atoms with E-state index in [0.29, 0.717) is 5.92 Å². The van der Waals surface area contributed by atoms with Crippen LogP contribution in [-0.4, -0.2) is 36.8 Å². The summed E-state index contributed by atoms with van der Waals surface area (Å²) in [6.45, 7) is 7.34. The lowest BCUT2D eigenvalue weighted by Gasteiger charge is -2.33. The van der Waals surface area contributed by atoms with Gasteiger partial charge in [-0.05, 0) is 70.1 Å². The molecular weight excluding hydrogens is 290 g/mol. The predicted octanol–water partition coefficient (Wildman–Crippen LogP) is 4.27. The van der Waals surface area contributed by atoms with E-state index >= 15 is 0 Å². The Balaban J connectivity index is 1.73. The molecule has 1 aromatic carbocycles. The normalized spacial score (nSPS) is 16.3. The smallest absolute Gasteiger partial charge is 0.410 e. The second kappa shape index (κ2) is 7.71.